The lowest BCUT2D eigenvalue weighted by Crippen LogP contribution is -2.53. The lowest BCUT2D eigenvalue weighted by Gasteiger charge is -2.43. The minimum absolute atomic E-state index is 0.150. The van der Waals surface area contributed by atoms with Crippen molar-refractivity contribution >= 4 is 50.6 Å². The Balaban J connectivity index is 1.62. The van der Waals surface area contributed by atoms with E-state index in [4.69, 9.17) is 11.6 Å². The number of anilines is 3. The largest absolute Gasteiger partial charge is 0.367 e. The van der Waals surface area contributed by atoms with Crippen LogP contribution < -0.4 is 15.1 Å². The van der Waals surface area contributed by atoms with Gasteiger partial charge in [-0.2, -0.15) is 10.2 Å². The minimum Gasteiger partial charge on any atom is -0.367 e. The molecule has 0 bridgehead atoms. The maximum Gasteiger partial charge on any atom is 0.326 e. The molecule has 4 heterocycles. The maximum atomic E-state index is 13.2. The molecule has 0 spiro atoms. The molecule has 3 aromatic heterocycles. The Morgan fingerprint density at radius 3 is 2.67 bits per heavy atom. The van der Waals surface area contributed by atoms with E-state index in [1.54, 1.807) is 23.4 Å². The number of carbonyl (C=O) groups excluding carboxylic acids is 1. The van der Waals surface area contributed by atoms with E-state index in [0.29, 0.717) is 29.0 Å². The molecule has 30 heavy (non-hydrogen) atoms. The summed E-state index contributed by atoms with van der Waals surface area (Å²) in [4.78, 5) is 26.9. The van der Waals surface area contributed by atoms with Gasteiger partial charge in [0.2, 0.25) is 0 Å². The summed E-state index contributed by atoms with van der Waals surface area (Å²) in [7, 11) is 2.04. The van der Waals surface area contributed by atoms with Crippen molar-refractivity contribution in [3.63, 3.8) is 0 Å². The zero-order valence-electron chi connectivity index (χ0n) is 16.6. The summed E-state index contributed by atoms with van der Waals surface area (Å²) in [6, 6.07) is 1.50. The third kappa shape index (κ3) is 3.72. The second-order valence-electron chi connectivity index (χ2n) is 7.30. The van der Waals surface area contributed by atoms with Crippen LogP contribution in [0.4, 0.5) is 21.9 Å². The highest BCUT2D eigenvalue weighted by Crippen LogP contribution is 2.41. The van der Waals surface area contributed by atoms with Crippen LogP contribution in [0.15, 0.2) is 41.5 Å². The van der Waals surface area contributed by atoms with Crippen molar-refractivity contribution in [3.8, 4) is 5.82 Å². The smallest absolute Gasteiger partial charge is 0.326 e. The molecular formula is C19H20BrClN8O. The summed E-state index contributed by atoms with van der Waals surface area (Å²) in [6.07, 6.45) is 8.04. The molecule has 2 amide bonds. The number of aromatic nitrogens is 5. The van der Waals surface area contributed by atoms with Crippen molar-refractivity contribution < 1.29 is 4.79 Å². The van der Waals surface area contributed by atoms with Gasteiger partial charge in [-0.25, -0.2) is 9.78 Å². The van der Waals surface area contributed by atoms with Crippen LogP contribution in [0.3, 0.4) is 0 Å². The van der Waals surface area contributed by atoms with Crippen molar-refractivity contribution in [3.05, 3.63) is 46.5 Å². The van der Waals surface area contributed by atoms with E-state index < -0.39 is 0 Å². The monoisotopic (exact) mass is 490 g/mol. The number of halogens is 2. The van der Waals surface area contributed by atoms with Crippen LogP contribution in [-0.2, 0) is 0 Å². The fourth-order valence-corrected chi connectivity index (χ4v) is 4.39. The molecule has 1 aliphatic heterocycles. The van der Waals surface area contributed by atoms with Gasteiger partial charge in [0.1, 0.15) is 0 Å². The molecule has 0 fully saturated rings. The van der Waals surface area contributed by atoms with Crippen LogP contribution in [0.1, 0.15) is 13.8 Å². The lowest BCUT2D eigenvalue weighted by molar-refractivity contribution is 0.255. The highest BCUT2D eigenvalue weighted by molar-refractivity contribution is 9.10. The van der Waals surface area contributed by atoms with Gasteiger partial charge in [-0.3, -0.25) is 9.88 Å². The van der Waals surface area contributed by atoms with E-state index in [1.165, 1.54) is 23.4 Å². The van der Waals surface area contributed by atoms with Crippen LogP contribution >= 0.6 is 27.5 Å². The molecule has 0 aromatic carbocycles. The molecule has 3 aromatic rings. The number of hydrogen-bond donors (Lipinski definition) is 1. The number of amides is 2. The summed E-state index contributed by atoms with van der Waals surface area (Å²) in [5.74, 6) is 0.730. The topological polar surface area (TPSA) is 92.1 Å². The number of carbonyl (C=O) groups is 1. The second-order valence-corrected chi connectivity index (χ2v) is 8.56. The van der Waals surface area contributed by atoms with E-state index in [1.807, 2.05) is 7.05 Å². The number of rotatable bonds is 3. The molecule has 0 unspecified atom stereocenters. The molecule has 1 atom stereocenters. The van der Waals surface area contributed by atoms with Gasteiger partial charge in [-0.05, 0) is 27.9 Å². The summed E-state index contributed by atoms with van der Waals surface area (Å²) in [5, 5.41) is 11.3. The summed E-state index contributed by atoms with van der Waals surface area (Å²) in [5.41, 5.74) is 2.14. The SMILES string of the molecule is CC(C)[C@@H]1CN(C(=O)Nc2cnc(-n3nccn3)c(Cl)c2)c2cncc(Br)c2N1C. The normalized spacial score (nSPS) is 16.0. The van der Waals surface area contributed by atoms with Crippen molar-refractivity contribution in [2.45, 2.75) is 19.9 Å². The standard InChI is InChI=1S/C19H20BrClN8O/c1-11(2)16-10-28(15-9-22-8-13(20)17(15)27(16)3)19(30)26-12-6-14(21)18(23-7-12)29-24-4-5-25-29/h4-9,11,16H,10H2,1-3H3,(H,26,30)/t16-/m0/s1. The van der Waals surface area contributed by atoms with E-state index in [2.05, 4.69) is 60.2 Å². The van der Waals surface area contributed by atoms with Gasteiger partial charge < -0.3 is 10.2 Å². The molecule has 0 saturated carbocycles. The molecule has 11 heteroatoms. The average Bonchev–Trinajstić information content (AvgIpc) is 3.22. The highest BCUT2D eigenvalue weighted by Gasteiger charge is 2.35. The van der Waals surface area contributed by atoms with Gasteiger partial charge in [0.15, 0.2) is 5.82 Å². The second kappa shape index (κ2) is 8.19. The highest BCUT2D eigenvalue weighted by atomic mass is 79.9. The number of likely N-dealkylation sites (N-methyl/N-ethyl adjacent to an activating group) is 1. The van der Waals surface area contributed by atoms with Gasteiger partial charge in [0, 0.05) is 25.8 Å². The van der Waals surface area contributed by atoms with Crippen molar-refractivity contribution in [2.75, 3.05) is 28.7 Å². The number of nitrogens with zero attached hydrogens (tertiary/aromatic N) is 7. The quantitative estimate of drug-likeness (QED) is 0.596. The Kier molecular flexibility index (Phi) is 5.61. The van der Waals surface area contributed by atoms with E-state index in [-0.39, 0.29) is 12.1 Å². The van der Waals surface area contributed by atoms with Gasteiger partial charge in [-0.1, -0.05) is 25.4 Å². The van der Waals surface area contributed by atoms with Crippen LogP contribution in [0.25, 0.3) is 5.82 Å². The Bertz CT molecular complexity index is 1070. The Morgan fingerprint density at radius 1 is 1.27 bits per heavy atom. The first-order valence-corrected chi connectivity index (χ1v) is 10.5. The Morgan fingerprint density at radius 2 is 2.00 bits per heavy atom. The van der Waals surface area contributed by atoms with E-state index >= 15 is 0 Å². The molecule has 0 aliphatic carbocycles. The minimum atomic E-state index is -0.280. The van der Waals surface area contributed by atoms with Crippen molar-refractivity contribution in [1.29, 1.82) is 0 Å². The predicted octanol–water partition coefficient (Wildman–Crippen LogP) is 3.99. The maximum absolute atomic E-state index is 13.2. The Hall–Kier alpha value is -2.72. The number of pyridine rings is 2. The summed E-state index contributed by atoms with van der Waals surface area (Å²) < 4.78 is 0.839. The van der Waals surface area contributed by atoms with Crippen molar-refractivity contribution in [1.82, 2.24) is 25.0 Å². The predicted molar refractivity (Wildman–Crippen MR) is 119 cm³/mol. The molecule has 1 aliphatic rings. The van der Waals surface area contributed by atoms with Crippen molar-refractivity contribution in [2.24, 2.45) is 5.92 Å². The van der Waals surface area contributed by atoms with Crippen LogP contribution in [0.2, 0.25) is 5.02 Å². The molecule has 0 radical (unpaired) electrons. The van der Waals surface area contributed by atoms with Gasteiger partial charge >= 0.3 is 6.03 Å². The average molecular weight is 492 g/mol. The van der Waals surface area contributed by atoms with Crippen LogP contribution in [0, 0.1) is 5.92 Å². The van der Waals surface area contributed by atoms with Crippen LogP contribution in [0.5, 0.6) is 0 Å². The zero-order valence-corrected chi connectivity index (χ0v) is 19.0. The Labute approximate surface area is 187 Å². The summed E-state index contributed by atoms with van der Waals surface area (Å²) >= 11 is 9.90. The molecule has 1 N–H and O–H groups in total. The van der Waals surface area contributed by atoms with Crippen LogP contribution in [-0.4, -0.2) is 50.6 Å². The fourth-order valence-electron chi connectivity index (χ4n) is 3.55. The first-order chi connectivity index (χ1) is 14.4. The molecule has 156 valence electrons. The molecule has 0 saturated heterocycles. The third-order valence-corrected chi connectivity index (χ3v) is 5.92. The molecular weight excluding hydrogens is 472 g/mol. The summed E-state index contributed by atoms with van der Waals surface area (Å²) in [6.45, 7) is 4.81. The zero-order chi connectivity index (χ0) is 21.4. The first kappa shape index (κ1) is 20.5. The first-order valence-electron chi connectivity index (χ1n) is 9.34. The van der Waals surface area contributed by atoms with Gasteiger partial charge in [0.05, 0.1) is 51.3 Å². The van der Waals surface area contributed by atoms with Gasteiger partial charge in [0.25, 0.3) is 0 Å². The number of nitrogens with one attached hydrogen (secondary N) is 1. The lowest BCUT2D eigenvalue weighted by atomic mass is 9.98. The van der Waals surface area contributed by atoms with Gasteiger partial charge in [-0.15, -0.1) is 4.80 Å². The fraction of sp³-hybridized carbons (Fsp3) is 0.316. The number of hydrogen-bond acceptors (Lipinski definition) is 6. The molecule has 4 rings (SSSR count). The van der Waals surface area contributed by atoms with E-state index in [9.17, 15) is 4.79 Å². The van der Waals surface area contributed by atoms with E-state index in [0.717, 1.165) is 15.8 Å². The molecule has 9 nitrogen and oxygen atoms in total. The number of urea groups is 1. The third-order valence-electron chi connectivity index (χ3n) is 5.06. The number of fused-ring (bicyclic) bond motifs is 1.